The summed E-state index contributed by atoms with van der Waals surface area (Å²) in [4.78, 5) is 2.55. The Morgan fingerprint density at radius 3 is 2.36 bits per heavy atom. The first-order valence-corrected chi connectivity index (χ1v) is 8.03. The van der Waals surface area contributed by atoms with Gasteiger partial charge in [0.1, 0.15) is 11.4 Å². The first kappa shape index (κ1) is 13.8. The van der Waals surface area contributed by atoms with Crippen LogP contribution in [0.3, 0.4) is 0 Å². The summed E-state index contributed by atoms with van der Waals surface area (Å²) in [5.41, 5.74) is 2.02. The van der Waals surface area contributed by atoms with E-state index in [0.29, 0.717) is 6.04 Å². The van der Waals surface area contributed by atoms with E-state index < -0.39 is 0 Å². The fraction of sp³-hybridized carbons (Fsp3) is 0.529. The van der Waals surface area contributed by atoms with Crippen molar-refractivity contribution in [1.29, 1.82) is 0 Å². The number of benzene rings is 1. The van der Waals surface area contributed by atoms with Crippen LogP contribution in [0.4, 0.5) is 0 Å². The van der Waals surface area contributed by atoms with Gasteiger partial charge in [-0.05, 0) is 57.0 Å². The maximum Gasteiger partial charge on any atom is 0.118 e. The van der Waals surface area contributed by atoms with E-state index in [1.54, 1.807) is 7.11 Å². The second-order valence-electron chi connectivity index (χ2n) is 6.49. The van der Waals surface area contributed by atoms with Gasteiger partial charge in [0, 0.05) is 17.6 Å². The van der Waals surface area contributed by atoms with Crippen molar-refractivity contribution >= 4 is 0 Å². The molecular weight excluding hydrogens is 276 g/mol. The Bertz CT molecular complexity index is 637. The Hall–Kier alpha value is -1.88. The zero-order valence-corrected chi connectivity index (χ0v) is 13.1. The van der Waals surface area contributed by atoms with Crippen molar-refractivity contribution in [3.63, 3.8) is 0 Å². The van der Waals surface area contributed by atoms with Crippen LogP contribution in [0.1, 0.15) is 31.7 Å². The molecule has 0 N–H and O–H groups in total. The van der Waals surface area contributed by atoms with Crippen LogP contribution >= 0.6 is 0 Å². The van der Waals surface area contributed by atoms with Gasteiger partial charge in [-0.25, -0.2) is 4.68 Å². The van der Waals surface area contributed by atoms with Crippen molar-refractivity contribution in [3.05, 3.63) is 30.5 Å². The number of nitrogens with zero attached hydrogens (tertiary/aromatic N) is 4. The molecule has 116 valence electrons. The molecule has 0 spiro atoms. The van der Waals surface area contributed by atoms with Gasteiger partial charge in [0.2, 0.25) is 0 Å². The molecule has 2 fully saturated rings. The lowest BCUT2D eigenvalue weighted by molar-refractivity contribution is 0.130. The molecule has 5 heteroatoms. The zero-order chi connectivity index (χ0) is 15.1. The Morgan fingerprint density at radius 1 is 1.05 bits per heavy atom. The first-order valence-electron chi connectivity index (χ1n) is 8.03. The predicted molar refractivity (Wildman–Crippen MR) is 84.9 cm³/mol. The summed E-state index contributed by atoms with van der Waals surface area (Å²) in [7, 11) is 3.95. The average molecular weight is 298 g/mol. The molecule has 22 heavy (non-hydrogen) atoms. The number of aromatic nitrogens is 3. The van der Waals surface area contributed by atoms with Crippen molar-refractivity contribution in [2.45, 2.75) is 43.8 Å². The minimum Gasteiger partial charge on any atom is -0.497 e. The molecule has 2 saturated heterocycles. The van der Waals surface area contributed by atoms with E-state index >= 15 is 0 Å². The van der Waals surface area contributed by atoms with Crippen molar-refractivity contribution in [2.75, 3.05) is 14.2 Å². The zero-order valence-electron chi connectivity index (χ0n) is 13.1. The normalized spacial score (nSPS) is 28.0. The van der Waals surface area contributed by atoms with Crippen molar-refractivity contribution in [1.82, 2.24) is 19.9 Å². The maximum absolute atomic E-state index is 5.20. The molecule has 0 aliphatic carbocycles. The van der Waals surface area contributed by atoms with Gasteiger partial charge in [-0.15, -0.1) is 5.10 Å². The minimum absolute atomic E-state index is 0.494. The third kappa shape index (κ3) is 2.29. The number of rotatable bonds is 3. The molecule has 2 aliphatic heterocycles. The lowest BCUT2D eigenvalue weighted by Gasteiger charge is -2.36. The van der Waals surface area contributed by atoms with Crippen LogP contribution in [0.25, 0.3) is 11.3 Å². The number of hydrogen-bond donors (Lipinski definition) is 0. The highest BCUT2D eigenvalue weighted by molar-refractivity contribution is 5.58. The van der Waals surface area contributed by atoms with Gasteiger partial charge in [-0.1, -0.05) is 5.21 Å². The summed E-state index contributed by atoms with van der Waals surface area (Å²) < 4.78 is 7.28. The number of hydrogen-bond acceptors (Lipinski definition) is 4. The van der Waals surface area contributed by atoms with Crippen LogP contribution in [0.15, 0.2) is 30.5 Å². The standard InChI is InChI=1S/C17H22N4O/c1-20-13-5-6-14(20)10-15(9-13)21-11-17(18-19-21)12-3-7-16(22-2)8-4-12/h3-4,7-8,11,13-15H,5-6,9-10H2,1-2H3/t13-,14-/m1/s1. The highest BCUT2D eigenvalue weighted by Gasteiger charge is 2.39. The monoisotopic (exact) mass is 298 g/mol. The Kier molecular flexibility index (Phi) is 3.37. The largest absolute Gasteiger partial charge is 0.497 e. The molecule has 3 heterocycles. The Morgan fingerprint density at radius 2 is 1.73 bits per heavy atom. The summed E-state index contributed by atoms with van der Waals surface area (Å²) in [5, 5.41) is 8.76. The second-order valence-corrected chi connectivity index (χ2v) is 6.49. The minimum atomic E-state index is 0.494. The molecule has 2 bridgehead atoms. The summed E-state index contributed by atoms with van der Waals surface area (Å²) in [6.07, 6.45) is 7.14. The number of methoxy groups -OCH3 is 1. The molecule has 0 unspecified atom stereocenters. The van der Waals surface area contributed by atoms with E-state index in [1.807, 2.05) is 24.3 Å². The molecular formula is C17H22N4O. The quantitative estimate of drug-likeness (QED) is 0.874. The van der Waals surface area contributed by atoms with Gasteiger partial charge in [-0.2, -0.15) is 0 Å². The summed E-state index contributed by atoms with van der Waals surface area (Å²) >= 11 is 0. The van der Waals surface area contributed by atoms with Gasteiger partial charge in [0.25, 0.3) is 0 Å². The third-order valence-corrected chi connectivity index (χ3v) is 5.34. The molecule has 1 aromatic heterocycles. The topological polar surface area (TPSA) is 43.2 Å². The van der Waals surface area contributed by atoms with Crippen molar-refractivity contribution < 1.29 is 4.74 Å². The van der Waals surface area contributed by atoms with E-state index in [2.05, 4.69) is 33.1 Å². The highest BCUT2D eigenvalue weighted by Crippen LogP contribution is 2.39. The maximum atomic E-state index is 5.20. The van der Waals surface area contributed by atoms with E-state index in [-0.39, 0.29) is 0 Å². The van der Waals surface area contributed by atoms with E-state index in [1.165, 1.54) is 25.7 Å². The van der Waals surface area contributed by atoms with Crippen LogP contribution in [0, 0.1) is 0 Å². The van der Waals surface area contributed by atoms with Crippen LogP contribution in [-0.2, 0) is 0 Å². The molecule has 1 aromatic carbocycles. The smallest absolute Gasteiger partial charge is 0.118 e. The Labute approximate surface area is 130 Å². The molecule has 0 radical (unpaired) electrons. The number of fused-ring (bicyclic) bond motifs is 2. The van der Waals surface area contributed by atoms with Crippen LogP contribution < -0.4 is 4.74 Å². The molecule has 0 amide bonds. The SMILES string of the molecule is COc1ccc(-c2cn(C3C[C@H]4CC[C@H](C3)N4C)nn2)cc1. The van der Waals surface area contributed by atoms with E-state index in [9.17, 15) is 0 Å². The second kappa shape index (κ2) is 5.39. The predicted octanol–water partition coefficient (Wildman–Crippen LogP) is 2.75. The highest BCUT2D eigenvalue weighted by atomic mass is 16.5. The van der Waals surface area contributed by atoms with Gasteiger partial charge in [-0.3, -0.25) is 0 Å². The third-order valence-electron chi connectivity index (χ3n) is 5.34. The van der Waals surface area contributed by atoms with Crippen molar-refractivity contribution in [3.8, 4) is 17.0 Å². The lowest BCUT2D eigenvalue weighted by atomic mass is 9.98. The first-order chi connectivity index (χ1) is 10.7. The lowest BCUT2D eigenvalue weighted by Crippen LogP contribution is -2.40. The van der Waals surface area contributed by atoms with Crippen molar-refractivity contribution in [2.24, 2.45) is 0 Å². The summed E-state index contributed by atoms with van der Waals surface area (Å²) in [6.45, 7) is 0. The van der Waals surface area contributed by atoms with Crippen LogP contribution in [0.5, 0.6) is 5.75 Å². The van der Waals surface area contributed by atoms with Crippen LogP contribution in [0.2, 0.25) is 0 Å². The molecule has 5 nitrogen and oxygen atoms in total. The van der Waals surface area contributed by atoms with Gasteiger partial charge in [0.05, 0.1) is 19.3 Å². The fourth-order valence-corrected chi connectivity index (χ4v) is 3.95. The Balaban J connectivity index is 1.54. The van der Waals surface area contributed by atoms with E-state index in [0.717, 1.165) is 29.1 Å². The molecule has 4 rings (SSSR count). The van der Waals surface area contributed by atoms with E-state index in [4.69, 9.17) is 4.74 Å². The summed E-state index contributed by atoms with van der Waals surface area (Å²) in [5.74, 6) is 0.864. The molecule has 2 atom stereocenters. The number of ether oxygens (including phenoxy) is 1. The van der Waals surface area contributed by atoms with Gasteiger partial charge >= 0.3 is 0 Å². The summed E-state index contributed by atoms with van der Waals surface area (Å²) in [6, 6.07) is 9.92. The van der Waals surface area contributed by atoms with Gasteiger partial charge in [0.15, 0.2) is 0 Å². The fourth-order valence-electron chi connectivity index (χ4n) is 3.95. The van der Waals surface area contributed by atoms with Crippen LogP contribution in [-0.4, -0.2) is 46.1 Å². The average Bonchev–Trinajstić information content (AvgIpc) is 3.10. The molecule has 2 aliphatic rings. The number of piperidine rings is 1. The molecule has 2 aromatic rings. The molecule has 0 saturated carbocycles. The van der Waals surface area contributed by atoms with Gasteiger partial charge < -0.3 is 9.64 Å².